The fraction of sp³-hybridized carbons (Fsp3) is 0.381. The van der Waals surface area contributed by atoms with Crippen molar-refractivity contribution in [3.8, 4) is 5.75 Å². The maximum Gasteiger partial charge on any atom is 0.137 e. The van der Waals surface area contributed by atoms with Crippen LogP contribution in [0.15, 0.2) is 42.6 Å². The van der Waals surface area contributed by atoms with E-state index >= 15 is 0 Å². The summed E-state index contributed by atoms with van der Waals surface area (Å²) in [5.74, 6) is 1.59. The zero-order valence-corrected chi connectivity index (χ0v) is 15.1. The van der Waals surface area contributed by atoms with Gasteiger partial charge in [0.05, 0.1) is 7.11 Å². The van der Waals surface area contributed by atoms with Gasteiger partial charge in [0.25, 0.3) is 0 Å². The van der Waals surface area contributed by atoms with Gasteiger partial charge in [-0.2, -0.15) is 0 Å². The van der Waals surface area contributed by atoms with Crippen molar-refractivity contribution in [2.24, 2.45) is 0 Å². The monoisotopic (exact) mass is 335 g/mol. The van der Waals surface area contributed by atoms with Crippen LogP contribution in [0.2, 0.25) is 0 Å². The van der Waals surface area contributed by atoms with Gasteiger partial charge in [-0.15, -0.1) is 0 Å². The Morgan fingerprint density at radius 3 is 2.68 bits per heavy atom. The zero-order valence-electron chi connectivity index (χ0n) is 15.1. The van der Waals surface area contributed by atoms with Gasteiger partial charge in [-0.3, -0.25) is 4.90 Å². The third-order valence-electron chi connectivity index (χ3n) is 5.36. The number of H-pyrrole nitrogens is 1. The largest absolute Gasteiger partial charge is 0.497 e. The van der Waals surface area contributed by atoms with Crippen LogP contribution >= 0.6 is 0 Å². The second-order valence-corrected chi connectivity index (χ2v) is 7.06. The van der Waals surface area contributed by atoms with Crippen molar-refractivity contribution in [3.63, 3.8) is 0 Å². The Bertz CT molecular complexity index is 864. The lowest BCUT2D eigenvalue weighted by atomic mass is 10.0. The van der Waals surface area contributed by atoms with Gasteiger partial charge in [-0.25, -0.2) is 4.98 Å². The van der Waals surface area contributed by atoms with E-state index in [9.17, 15) is 0 Å². The molecule has 0 spiro atoms. The average Bonchev–Trinajstić information content (AvgIpc) is 3.44. The van der Waals surface area contributed by atoms with Crippen LogP contribution in [0.4, 0.5) is 0 Å². The SMILES string of the molecule is COc1ccc([C@H](C)N(C)Cc2c(C3CC3)[nH]c3ncccc23)cc1. The summed E-state index contributed by atoms with van der Waals surface area (Å²) in [6, 6.07) is 12.9. The van der Waals surface area contributed by atoms with Crippen molar-refractivity contribution in [2.45, 2.75) is 38.3 Å². The third-order valence-corrected chi connectivity index (χ3v) is 5.36. The second-order valence-electron chi connectivity index (χ2n) is 7.06. The molecular formula is C21H25N3O. The Hall–Kier alpha value is -2.33. The first kappa shape index (κ1) is 16.2. The second kappa shape index (κ2) is 6.52. The van der Waals surface area contributed by atoms with Crippen molar-refractivity contribution in [1.29, 1.82) is 0 Å². The molecule has 0 amide bonds. The van der Waals surface area contributed by atoms with E-state index in [0.29, 0.717) is 12.0 Å². The normalized spacial score (nSPS) is 15.7. The molecule has 4 nitrogen and oxygen atoms in total. The molecule has 25 heavy (non-hydrogen) atoms. The summed E-state index contributed by atoms with van der Waals surface area (Å²) in [5, 5.41) is 1.26. The summed E-state index contributed by atoms with van der Waals surface area (Å²) in [6.45, 7) is 3.18. The summed E-state index contributed by atoms with van der Waals surface area (Å²) >= 11 is 0. The van der Waals surface area contributed by atoms with Crippen LogP contribution in [0.5, 0.6) is 5.75 Å². The number of nitrogens with one attached hydrogen (secondary N) is 1. The first-order valence-corrected chi connectivity index (χ1v) is 8.97. The molecule has 1 saturated carbocycles. The minimum Gasteiger partial charge on any atom is -0.497 e. The molecule has 0 radical (unpaired) electrons. The summed E-state index contributed by atoms with van der Waals surface area (Å²) in [7, 11) is 3.90. The van der Waals surface area contributed by atoms with E-state index < -0.39 is 0 Å². The number of aromatic amines is 1. The topological polar surface area (TPSA) is 41.1 Å². The fourth-order valence-corrected chi connectivity index (χ4v) is 3.51. The lowest BCUT2D eigenvalue weighted by Gasteiger charge is -2.25. The summed E-state index contributed by atoms with van der Waals surface area (Å²) in [4.78, 5) is 10.5. The van der Waals surface area contributed by atoms with Crippen LogP contribution in [0.3, 0.4) is 0 Å². The molecule has 1 N–H and O–H groups in total. The zero-order chi connectivity index (χ0) is 17.4. The number of fused-ring (bicyclic) bond motifs is 1. The molecule has 0 unspecified atom stereocenters. The van der Waals surface area contributed by atoms with Crippen molar-refractivity contribution in [2.75, 3.05) is 14.2 Å². The maximum atomic E-state index is 5.27. The first-order chi connectivity index (χ1) is 12.2. The minimum absolute atomic E-state index is 0.333. The number of rotatable bonds is 6. The number of hydrogen-bond donors (Lipinski definition) is 1. The first-order valence-electron chi connectivity index (χ1n) is 8.97. The van der Waals surface area contributed by atoms with Gasteiger partial charge >= 0.3 is 0 Å². The quantitative estimate of drug-likeness (QED) is 0.713. The molecule has 1 aliphatic carbocycles. The van der Waals surface area contributed by atoms with Crippen LogP contribution in [0.25, 0.3) is 11.0 Å². The van der Waals surface area contributed by atoms with E-state index in [4.69, 9.17) is 4.74 Å². The van der Waals surface area contributed by atoms with E-state index in [1.165, 1.54) is 35.0 Å². The van der Waals surface area contributed by atoms with Crippen molar-refractivity contribution in [1.82, 2.24) is 14.9 Å². The van der Waals surface area contributed by atoms with Crippen molar-refractivity contribution in [3.05, 3.63) is 59.4 Å². The summed E-state index contributed by atoms with van der Waals surface area (Å²) in [5.41, 5.74) is 5.12. The Morgan fingerprint density at radius 1 is 1.24 bits per heavy atom. The number of pyridine rings is 1. The van der Waals surface area contributed by atoms with E-state index in [-0.39, 0.29) is 0 Å². The highest BCUT2D eigenvalue weighted by Gasteiger charge is 2.29. The lowest BCUT2D eigenvalue weighted by Crippen LogP contribution is -2.22. The highest BCUT2D eigenvalue weighted by molar-refractivity contribution is 5.81. The molecule has 3 aromatic rings. The van der Waals surface area contributed by atoms with Crippen molar-refractivity contribution >= 4 is 11.0 Å². The molecular weight excluding hydrogens is 310 g/mol. The highest BCUT2D eigenvalue weighted by atomic mass is 16.5. The molecule has 4 rings (SSSR count). The highest BCUT2D eigenvalue weighted by Crippen LogP contribution is 2.43. The van der Waals surface area contributed by atoms with E-state index in [2.05, 4.69) is 47.0 Å². The Kier molecular flexibility index (Phi) is 4.22. The maximum absolute atomic E-state index is 5.27. The summed E-state index contributed by atoms with van der Waals surface area (Å²) < 4.78 is 5.27. The molecule has 1 fully saturated rings. The predicted molar refractivity (Wildman–Crippen MR) is 101 cm³/mol. The number of hydrogen-bond acceptors (Lipinski definition) is 3. The molecule has 1 aromatic carbocycles. The number of methoxy groups -OCH3 is 1. The number of benzene rings is 1. The van der Waals surface area contributed by atoms with Gasteiger partial charge in [0.2, 0.25) is 0 Å². The number of ether oxygens (including phenoxy) is 1. The molecule has 4 heteroatoms. The molecule has 2 aromatic heterocycles. The molecule has 0 bridgehead atoms. The smallest absolute Gasteiger partial charge is 0.137 e. The summed E-state index contributed by atoms with van der Waals surface area (Å²) in [6.07, 6.45) is 4.44. The van der Waals surface area contributed by atoms with Crippen LogP contribution in [0.1, 0.15) is 48.5 Å². The van der Waals surface area contributed by atoms with Crippen LogP contribution in [0, 0.1) is 0 Å². The average molecular weight is 335 g/mol. The van der Waals surface area contributed by atoms with E-state index in [1.54, 1.807) is 7.11 Å². The minimum atomic E-state index is 0.333. The molecule has 1 aliphatic rings. The molecule has 0 aliphatic heterocycles. The van der Waals surface area contributed by atoms with Crippen molar-refractivity contribution < 1.29 is 4.74 Å². The van der Waals surface area contributed by atoms with Crippen LogP contribution in [-0.4, -0.2) is 29.0 Å². The van der Waals surface area contributed by atoms with Gasteiger partial charge in [0.1, 0.15) is 11.4 Å². The predicted octanol–water partition coefficient (Wildman–Crippen LogP) is 4.64. The Balaban J connectivity index is 1.60. The van der Waals surface area contributed by atoms with Gasteiger partial charge in [-0.1, -0.05) is 12.1 Å². The number of nitrogens with zero attached hydrogens (tertiary/aromatic N) is 2. The van der Waals surface area contributed by atoms with E-state index in [0.717, 1.165) is 17.9 Å². The van der Waals surface area contributed by atoms with Gasteiger partial charge in [0.15, 0.2) is 0 Å². The molecule has 1 atom stereocenters. The van der Waals surface area contributed by atoms with Crippen LogP contribution < -0.4 is 4.74 Å². The standard InChI is InChI=1S/C21H25N3O/c1-14(15-8-10-17(25-3)11-9-15)24(2)13-19-18-5-4-12-22-21(18)23-20(19)16-6-7-16/h4-5,8-12,14,16H,6-7,13H2,1-3H3,(H,22,23)/t14-/m0/s1. The Morgan fingerprint density at radius 2 is 2.00 bits per heavy atom. The van der Waals surface area contributed by atoms with E-state index in [1.807, 2.05) is 24.4 Å². The van der Waals surface area contributed by atoms with Gasteiger partial charge in [0, 0.05) is 29.9 Å². The lowest BCUT2D eigenvalue weighted by molar-refractivity contribution is 0.253. The molecule has 2 heterocycles. The number of aromatic nitrogens is 2. The third kappa shape index (κ3) is 3.14. The molecule has 130 valence electrons. The fourth-order valence-electron chi connectivity index (χ4n) is 3.51. The molecule has 0 saturated heterocycles. The van der Waals surface area contributed by atoms with Gasteiger partial charge < -0.3 is 9.72 Å². The van der Waals surface area contributed by atoms with Crippen LogP contribution in [-0.2, 0) is 6.54 Å². The Labute approximate surface area is 148 Å². The van der Waals surface area contributed by atoms with Gasteiger partial charge in [-0.05, 0) is 68.1 Å².